The smallest absolute Gasteiger partial charge is 0.316 e. The fourth-order valence-electron chi connectivity index (χ4n) is 0.510. The van der Waals surface area contributed by atoms with E-state index in [1.54, 1.807) is 0 Å². The molecule has 2 unspecified atom stereocenters. The topological polar surface area (TPSA) is 66.8 Å². The lowest BCUT2D eigenvalue weighted by atomic mass is 10.4. The number of hydrogen-bond donors (Lipinski definition) is 4. The fourth-order valence-corrected chi connectivity index (χ4v) is 0.510. The third-order valence-corrected chi connectivity index (χ3v) is 1.83. The molecule has 1 aliphatic rings. The van der Waals surface area contributed by atoms with E-state index in [4.69, 9.17) is 14.9 Å². The number of rotatable bonds is 2. The zero-order chi connectivity index (χ0) is 13.0. The highest BCUT2D eigenvalue weighted by Crippen LogP contribution is 1.98. The van der Waals surface area contributed by atoms with Crippen molar-refractivity contribution in [1.29, 1.82) is 0 Å². The molecule has 1 saturated heterocycles. The van der Waals surface area contributed by atoms with Crippen molar-refractivity contribution in [3.63, 3.8) is 0 Å². The van der Waals surface area contributed by atoms with E-state index < -0.39 is 11.2 Å². The van der Waals surface area contributed by atoms with Gasteiger partial charge in [-0.25, -0.2) is 0 Å². The normalized spacial score (nSPS) is 17.3. The highest BCUT2D eigenvalue weighted by atomic mass is 32.1. The van der Waals surface area contributed by atoms with Crippen molar-refractivity contribution in [1.82, 2.24) is 0 Å². The zero-order valence-electron chi connectivity index (χ0n) is 9.80. The number of aliphatic carboxylic acids is 1. The molecule has 0 saturated carbocycles. The first-order valence-corrected chi connectivity index (χ1v) is 6.22. The van der Waals surface area contributed by atoms with E-state index in [2.05, 4.69) is 25.3 Å². The number of aliphatic hydroxyl groups excluding tert-OH is 1. The van der Waals surface area contributed by atoms with Crippen LogP contribution in [0.3, 0.4) is 0 Å². The van der Waals surface area contributed by atoms with Crippen molar-refractivity contribution in [3.05, 3.63) is 0 Å². The molecule has 1 heterocycles. The molecule has 0 aromatic heterocycles. The molecule has 6 heteroatoms. The summed E-state index contributed by atoms with van der Waals surface area (Å²) in [5.41, 5.74) is 0. The first-order chi connectivity index (χ1) is 7.41. The average Bonchev–Trinajstić information content (AvgIpc) is 2.76. The summed E-state index contributed by atoms with van der Waals surface area (Å²) in [5, 5.41) is 15.6. The lowest BCUT2D eigenvalue weighted by molar-refractivity contribution is -0.136. The summed E-state index contributed by atoms with van der Waals surface area (Å²) in [6.07, 6.45) is 2.56. The number of carboxylic acid groups (broad SMARTS) is 1. The molecule has 98 valence electrons. The molecule has 0 aromatic carbocycles. The Morgan fingerprint density at radius 2 is 1.62 bits per heavy atom. The molecule has 0 radical (unpaired) electrons. The third kappa shape index (κ3) is 19.6. The maximum atomic E-state index is 9.62. The lowest BCUT2D eigenvalue weighted by Crippen LogP contribution is -2.06. The minimum atomic E-state index is -0.877. The molecule has 0 aromatic rings. The average molecular weight is 270 g/mol. The second-order valence-corrected chi connectivity index (χ2v) is 5.02. The van der Waals surface area contributed by atoms with Crippen LogP contribution in [0.2, 0.25) is 0 Å². The zero-order valence-corrected chi connectivity index (χ0v) is 11.6. The molecule has 0 amide bonds. The molecule has 16 heavy (non-hydrogen) atoms. The van der Waals surface area contributed by atoms with Gasteiger partial charge in [0.2, 0.25) is 0 Å². The van der Waals surface area contributed by atoms with Gasteiger partial charge in [-0.1, -0.05) is 6.92 Å². The van der Waals surface area contributed by atoms with Gasteiger partial charge in [-0.05, 0) is 19.8 Å². The van der Waals surface area contributed by atoms with Gasteiger partial charge in [0.25, 0.3) is 0 Å². The molecule has 0 spiro atoms. The van der Waals surface area contributed by atoms with Gasteiger partial charge >= 0.3 is 5.97 Å². The van der Waals surface area contributed by atoms with Crippen LogP contribution in [0.15, 0.2) is 0 Å². The number of thiol groups is 2. The first kappa shape index (κ1) is 18.5. The predicted octanol–water partition coefficient (Wildman–Crippen LogP) is 1.48. The number of carboxylic acids is 1. The molecule has 1 aliphatic heterocycles. The summed E-state index contributed by atoms with van der Waals surface area (Å²) >= 11 is 7.44. The van der Waals surface area contributed by atoms with Crippen molar-refractivity contribution < 1.29 is 19.7 Å². The summed E-state index contributed by atoms with van der Waals surface area (Å²) in [7, 11) is 0. The van der Waals surface area contributed by atoms with Crippen LogP contribution in [0.25, 0.3) is 0 Å². The first-order valence-electron chi connectivity index (χ1n) is 5.19. The summed E-state index contributed by atoms with van der Waals surface area (Å²) in [6.45, 7) is 5.51. The van der Waals surface area contributed by atoms with Crippen LogP contribution in [-0.2, 0) is 9.53 Å². The highest BCUT2D eigenvalue weighted by Gasteiger charge is 2.00. The van der Waals surface area contributed by atoms with Crippen LogP contribution in [0.4, 0.5) is 0 Å². The van der Waals surface area contributed by atoms with E-state index in [0.717, 1.165) is 13.2 Å². The van der Waals surface area contributed by atoms with Crippen molar-refractivity contribution in [3.8, 4) is 0 Å². The number of ether oxygens (including phenoxy) is 1. The molecule has 2 atom stereocenters. The van der Waals surface area contributed by atoms with E-state index in [1.165, 1.54) is 19.8 Å². The van der Waals surface area contributed by atoms with Gasteiger partial charge in [0.1, 0.15) is 0 Å². The molecule has 0 aliphatic carbocycles. The molecule has 1 fully saturated rings. The van der Waals surface area contributed by atoms with Crippen molar-refractivity contribution in [2.75, 3.05) is 19.8 Å². The van der Waals surface area contributed by atoms with Gasteiger partial charge in [-0.2, -0.15) is 25.3 Å². The maximum Gasteiger partial charge on any atom is 0.316 e. The SMILES string of the molecule is C1CCOC1.CC(S)C(=O)O.CC(S)CO. The van der Waals surface area contributed by atoms with Gasteiger partial charge < -0.3 is 14.9 Å². The van der Waals surface area contributed by atoms with E-state index in [-0.39, 0.29) is 11.9 Å². The van der Waals surface area contributed by atoms with Crippen LogP contribution in [-0.4, -0.2) is 46.5 Å². The standard InChI is InChI=1S/C4H8O.C3H6O2S.C3H8OS/c1-2-4-5-3-1;1-2(6)3(4)5;1-3(5)2-4/h1-4H2;2,6H,1H3,(H,4,5);3-5H,2H2,1H3. The Labute approximate surface area is 108 Å². The molecular weight excluding hydrogens is 248 g/mol. The van der Waals surface area contributed by atoms with Gasteiger partial charge in [0.15, 0.2) is 0 Å². The molecule has 0 bridgehead atoms. The van der Waals surface area contributed by atoms with Crippen LogP contribution in [0, 0.1) is 0 Å². The summed E-state index contributed by atoms with van der Waals surface area (Å²) < 4.78 is 4.94. The minimum Gasteiger partial charge on any atom is -0.480 e. The predicted molar refractivity (Wildman–Crippen MR) is 71.7 cm³/mol. The quantitative estimate of drug-likeness (QED) is 0.574. The van der Waals surface area contributed by atoms with Crippen molar-refractivity contribution in [2.45, 2.75) is 37.2 Å². The monoisotopic (exact) mass is 270 g/mol. The Morgan fingerprint density at radius 3 is 1.69 bits per heavy atom. The molecule has 2 N–H and O–H groups in total. The second kappa shape index (κ2) is 13.2. The Hall–Kier alpha value is 0.0900. The van der Waals surface area contributed by atoms with Crippen LogP contribution in [0.5, 0.6) is 0 Å². The van der Waals surface area contributed by atoms with Crippen LogP contribution >= 0.6 is 25.3 Å². The van der Waals surface area contributed by atoms with Gasteiger partial charge in [0, 0.05) is 18.5 Å². The van der Waals surface area contributed by atoms with Crippen LogP contribution in [0.1, 0.15) is 26.7 Å². The summed E-state index contributed by atoms with van der Waals surface area (Å²) in [6, 6.07) is 0. The molecule has 1 rings (SSSR count). The van der Waals surface area contributed by atoms with Crippen LogP contribution < -0.4 is 0 Å². The third-order valence-electron chi connectivity index (χ3n) is 1.45. The largest absolute Gasteiger partial charge is 0.480 e. The molecular formula is C10H22O4S2. The van der Waals surface area contributed by atoms with E-state index >= 15 is 0 Å². The number of aliphatic hydroxyl groups is 1. The van der Waals surface area contributed by atoms with E-state index in [0.29, 0.717) is 0 Å². The Morgan fingerprint density at radius 1 is 1.31 bits per heavy atom. The summed E-state index contributed by atoms with van der Waals surface area (Å²) in [4.78, 5) is 9.62. The fraction of sp³-hybridized carbons (Fsp3) is 0.900. The van der Waals surface area contributed by atoms with E-state index in [1.807, 2.05) is 6.92 Å². The molecule has 4 nitrogen and oxygen atoms in total. The number of hydrogen-bond acceptors (Lipinski definition) is 5. The Bertz CT molecular complexity index is 151. The summed E-state index contributed by atoms with van der Waals surface area (Å²) in [5.74, 6) is -0.877. The number of carbonyl (C=O) groups is 1. The van der Waals surface area contributed by atoms with Gasteiger partial charge in [0.05, 0.1) is 11.9 Å². The maximum absolute atomic E-state index is 9.62. The highest BCUT2D eigenvalue weighted by molar-refractivity contribution is 7.81. The van der Waals surface area contributed by atoms with Crippen molar-refractivity contribution >= 4 is 31.2 Å². The Balaban J connectivity index is 0. The second-order valence-electron chi connectivity index (χ2n) is 3.37. The van der Waals surface area contributed by atoms with Gasteiger partial charge in [-0.15, -0.1) is 0 Å². The van der Waals surface area contributed by atoms with Crippen molar-refractivity contribution in [2.24, 2.45) is 0 Å². The van der Waals surface area contributed by atoms with Gasteiger partial charge in [-0.3, -0.25) is 4.79 Å². The minimum absolute atomic E-state index is 0.134. The Kier molecular flexibility index (Phi) is 15.2. The van der Waals surface area contributed by atoms with E-state index in [9.17, 15) is 4.79 Å². The lowest BCUT2D eigenvalue weighted by Gasteiger charge is -1.89.